The van der Waals surface area contributed by atoms with Crippen LogP contribution in [0.2, 0.25) is 5.15 Å². The number of likely N-dealkylation sites (tertiary alicyclic amines) is 1. The highest BCUT2D eigenvalue weighted by Crippen LogP contribution is 2.23. The number of aryl methyl sites for hydroxylation is 2. The van der Waals surface area contributed by atoms with Gasteiger partial charge in [-0.3, -0.25) is 9.58 Å². The van der Waals surface area contributed by atoms with Crippen molar-refractivity contribution in [3.63, 3.8) is 0 Å². The first-order valence-corrected chi connectivity index (χ1v) is 8.46. The molecule has 2 heterocycles. The molecule has 1 N–H and O–H groups in total. The van der Waals surface area contributed by atoms with E-state index in [2.05, 4.69) is 29.2 Å². The smallest absolute Gasteiger partial charge is 0.131 e. The summed E-state index contributed by atoms with van der Waals surface area (Å²) in [6, 6.07) is 0. The van der Waals surface area contributed by atoms with Gasteiger partial charge in [0.05, 0.1) is 5.69 Å². The van der Waals surface area contributed by atoms with E-state index in [1.807, 2.05) is 14.0 Å². The molecule has 0 aromatic carbocycles. The van der Waals surface area contributed by atoms with Crippen molar-refractivity contribution in [3.05, 3.63) is 16.4 Å². The number of halogens is 1. The van der Waals surface area contributed by atoms with Gasteiger partial charge in [-0.25, -0.2) is 0 Å². The van der Waals surface area contributed by atoms with Crippen molar-refractivity contribution < 1.29 is 0 Å². The van der Waals surface area contributed by atoms with Gasteiger partial charge in [0.1, 0.15) is 5.15 Å². The third kappa shape index (κ3) is 4.70. The minimum Gasteiger partial charge on any atom is -0.316 e. The molecule has 1 aliphatic rings. The number of hydrogen-bond donors (Lipinski definition) is 1. The maximum Gasteiger partial charge on any atom is 0.131 e. The second-order valence-corrected chi connectivity index (χ2v) is 7.13. The minimum absolute atomic E-state index is 0.724. The number of nitrogens with zero attached hydrogens (tertiary/aromatic N) is 3. The molecular weight excluding hydrogens is 284 g/mol. The van der Waals surface area contributed by atoms with E-state index in [4.69, 9.17) is 11.6 Å². The fourth-order valence-electron chi connectivity index (χ4n) is 3.11. The van der Waals surface area contributed by atoms with Gasteiger partial charge in [-0.05, 0) is 51.2 Å². The molecule has 0 amide bonds. The Kier molecular flexibility index (Phi) is 6.08. The van der Waals surface area contributed by atoms with Crippen molar-refractivity contribution in [1.29, 1.82) is 0 Å². The van der Waals surface area contributed by atoms with Gasteiger partial charge in [0.25, 0.3) is 0 Å². The third-order valence-corrected chi connectivity index (χ3v) is 4.71. The zero-order valence-electron chi connectivity index (χ0n) is 13.8. The molecule has 0 aliphatic carbocycles. The zero-order chi connectivity index (χ0) is 15.4. The summed E-state index contributed by atoms with van der Waals surface area (Å²) in [5.41, 5.74) is 2.25. The molecule has 1 atom stereocenters. The Morgan fingerprint density at radius 3 is 2.81 bits per heavy atom. The van der Waals surface area contributed by atoms with Crippen molar-refractivity contribution in [3.8, 4) is 0 Å². The van der Waals surface area contributed by atoms with E-state index in [-0.39, 0.29) is 0 Å². The van der Waals surface area contributed by atoms with Crippen LogP contribution in [0.4, 0.5) is 0 Å². The topological polar surface area (TPSA) is 33.1 Å². The van der Waals surface area contributed by atoms with E-state index >= 15 is 0 Å². The van der Waals surface area contributed by atoms with Crippen LogP contribution in [0.1, 0.15) is 37.9 Å². The van der Waals surface area contributed by atoms with E-state index in [9.17, 15) is 0 Å². The lowest BCUT2D eigenvalue weighted by Crippen LogP contribution is -2.39. The summed E-state index contributed by atoms with van der Waals surface area (Å²) in [7, 11) is 1.91. The number of nitrogens with one attached hydrogen (secondary N) is 1. The van der Waals surface area contributed by atoms with Gasteiger partial charge in [0.2, 0.25) is 0 Å². The molecule has 5 heteroatoms. The van der Waals surface area contributed by atoms with Gasteiger partial charge in [-0.15, -0.1) is 0 Å². The van der Waals surface area contributed by atoms with Crippen molar-refractivity contribution in [2.75, 3.05) is 26.2 Å². The maximum absolute atomic E-state index is 6.35. The number of piperidine rings is 1. The Morgan fingerprint density at radius 1 is 1.43 bits per heavy atom. The van der Waals surface area contributed by atoms with Gasteiger partial charge in [-0.1, -0.05) is 25.4 Å². The Morgan fingerprint density at radius 2 is 2.19 bits per heavy atom. The van der Waals surface area contributed by atoms with Crippen molar-refractivity contribution in [2.45, 2.75) is 40.2 Å². The second-order valence-electron chi connectivity index (χ2n) is 6.77. The number of rotatable bonds is 6. The van der Waals surface area contributed by atoms with E-state index in [1.165, 1.54) is 24.9 Å². The van der Waals surface area contributed by atoms with Crippen LogP contribution in [-0.2, 0) is 13.6 Å². The SMILES string of the molecule is Cc1nn(C)c(Cl)c1CN1CCCC(CNCC(C)C)C1. The number of hydrogen-bond acceptors (Lipinski definition) is 3. The molecular formula is C16H29ClN4. The standard InChI is InChI=1S/C16H29ClN4/c1-12(2)8-18-9-14-6-5-7-21(10-14)11-15-13(3)19-20(4)16(15)17/h12,14,18H,5-11H2,1-4H3. The van der Waals surface area contributed by atoms with Gasteiger partial charge in [-0.2, -0.15) is 5.10 Å². The Hall–Kier alpha value is -0.580. The summed E-state index contributed by atoms with van der Waals surface area (Å²) >= 11 is 6.35. The van der Waals surface area contributed by atoms with Gasteiger partial charge < -0.3 is 5.32 Å². The summed E-state index contributed by atoms with van der Waals surface area (Å²) in [5, 5.41) is 8.79. The molecule has 4 nitrogen and oxygen atoms in total. The predicted octanol–water partition coefficient (Wildman–Crippen LogP) is 2.84. The Balaban J connectivity index is 1.86. The molecule has 0 spiro atoms. The molecule has 1 aromatic rings. The Labute approximate surface area is 133 Å². The van der Waals surface area contributed by atoms with Gasteiger partial charge >= 0.3 is 0 Å². The summed E-state index contributed by atoms with van der Waals surface area (Å²) in [5.74, 6) is 1.48. The molecule has 120 valence electrons. The summed E-state index contributed by atoms with van der Waals surface area (Å²) < 4.78 is 1.78. The molecule has 0 saturated carbocycles. The largest absolute Gasteiger partial charge is 0.316 e. The molecule has 2 rings (SSSR count). The average Bonchev–Trinajstić information content (AvgIpc) is 2.66. The lowest BCUT2D eigenvalue weighted by atomic mass is 9.97. The van der Waals surface area contributed by atoms with Crippen molar-refractivity contribution in [1.82, 2.24) is 20.0 Å². The van der Waals surface area contributed by atoms with Crippen molar-refractivity contribution >= 4 is 11.6 Å². The molecule has 0 bridgehead atoms. The highest BCUT2D eigenvalue weighted by Gasteiger charge is 2.22. The normalized spacial score (nSPS) is 20.4. The molecule has 1 unspecified atom stereocenters. The van der Waals surface area contributed by atoms with E-state index in [0.29, 0.717) is 0 Å². The van der Waals surface area contributed by atoms with Crippen LogP contribution in [0.15, 0.2) is 0 Å². The minimum atomic E-state index is 0.724. The second kappa shape index (κ2) is 7.61. The van der Waals surface area contributed by atoms with E-state index in [1.54, 1.807) is 4.68 Å². The van der Waals surface area contributed by atoms with Crippen molar-refractivity contribution in [2.24, 2.45) is 18.9 Å². The first-order valence-electron chi connectivity index (χ1n) is 8.08. The molecule has 21 heavy (non-hydrogen) atoms. The highest BCUT2D eigenvalue weighted by molar-refractivity contribution is 6.30. The third-order valence-electron chi connectivity index (χ3n) is 4.24. The lowest BCUT2D eigenvalue weighted by molar-refractivity contribution is 0.164. The quantitative estimate of drug-likeness (QED) is 0.877. The molecule has 1 aliphatic heterocycles. The zero-order valence-corrected chi connectivity index (χ0v) is 14.6. The van der Waals surface area contributed by atoms with Gasteiger partial charge in [0.15, 0.2) is 0 Å². The lowest BCUT2D eigenvalue weighted by Gasteiger charge is -2.33. The maximum atomic E-state index is 6.35. The van der Waals surface area contributed by atoms with Crippen LogP contribution < -0.4 is 5.32 Å². The number of aromatic nitrogens is 2. The molecule has 1 saturated heterocycles. The Bertz CT molecular complexity index is 455. The van der Waals surface area contributed by atoms with E-state index < -0.39 is 0 Å². The first kappa shape index (κ1) is 16.8. The molecule has 1 fully saturated rings. The monoisotopic (exact) mass is 312 g/mol. The molecule has 0 radical (unpaired) electrons. The first-order chi connectivity index (χ1) is 9.97. The highest BCUT2D eigenvalue weighted by atomic mass is 35.5. The molecule has 1 aromatic heterocycles. The summed E-state index contributed by atoms with van der Waals surface area (Å²) in [6.07, 6.45) is 2.62. The average molecular weight is 313 g/mol. The van der Waals surface area contributed by atoms with Crippen LogP contribution in [0.3, 0.4) is 0 Å². The van der Waals surface area contributed by atoms with Crippen LogP contribution in [0.25, 0.3) is 0 Å². The van der Waals surface area contributed by atoms with E-state index in [0.717, 1.165) is 48.9 Å². The summed E-state index contributed by atoms with van der Waals surface area (Å²) in [4.78, 5) is 2.53. The van der Waals surface area contributed by atoms with Crippen LogP contribution in [-0.4, -0.2) is 40.9 Å². The fraction of sp³-hybridized carbons (Fsp3) is 0.812. The predicted molar refractivity (Wildman–Crippen MR) is 88.7 cm³/mol. The van der Waals surface area contributed by atoms with Gasteiger partial charge in [0, 0.05) is 25.7 Å². The summed E-state index contributed by atoms with van der Waals surface area (Å²) in [6.45, 7) is 12.1. The van der Waals surface area contributed by atoms with Crippen LogP contribution in [0.5, 0.6) is 0 Å². The van der Waals surface area contributed by atoms with Crippen LogP contribution in [0, 0.1) is 18.8 Å². The fourth-order valence-corrected chi connectivity index (χ4v) is 3.35. The van der Waals surface area contributed by atoms with Crippen LogP contribution >= 0.6 is 11.6 Å².